The molecular formula is C10H6N2S. The maximum atomic E-state index is 8.83. The first-order valence-electron chi connectivity index (χ1n) is 3.81. The molecule has 0 unspecified atom stereocenters. The van der Waals surface area contributed by atoms with Crippen molar-refractivity contribution in [2.75, 3.05) is 0 Å². The zero-order valence-electron chi connectivity index (χ0n) is 7.03. The molecule has 3 heteroatoms. The zero-order chi connectivity index (χ0) is 9.26. The zero-order valence-corrected chi connectivity index (χ0v) is 7.85. The van der Waals surface area contributed by atoms with E-state index >= 15 is 0 Å². The minimum Gasteiger partial charge on any atom is -0.203 e. The van der Waals surface area contributed by atoms with E-state index in [2.05, 4.69) is 16.9 Å². The van der Waals surface area contributed by atoms with Crippen molar-refractivity contribution < 1.29 is 0 Å². The number of thioether (sulfide) groups is 1. The minimum absolute atomic E-state index is 0.619. The van der Waals surface area contributed by atoms with Gasteiger partial charge in [-0.25, -0.2) is 4.99 Å². The summed E-state index contributed by atoms with van der Waals surface area (Å²) < 4.78 is 0. The average Bonchev–Trinajstić information content (AvgIpc) is 2.19. The van der Waals surface area contributed by atoms with E-state index in [9.17, 15) is 0 Å². The fraction of sp³-hybridized carbons (Fsp3) is 0.100. The van der Waals surface area contributed by atoms with Crippen LogP contribution in [-0.4, -0.2) is 5.87 Å². The van der Waals surface area contributed by atoms with E-state index in [0.717, 1.165) is 16.1 Å². The maximum Gasteiger partial charge on any atom is 0.105 e. The van der Waals surface area contributed by atoms with E-state index in [0.29, 0.717) is 5.56 Å². The molecule has 0 atom stereocenters. The smallest absolute Gasteiger partial charge is 0.105 e. The summed E-state index contributed by atoms with van der Waals surface area (Å²) in [6.45, 7) is 2.02. The van der Waals surface area contributed by atoms with Gasteiger partial charge in [0.2, 0.25) is 0 Å². The maximum absolute atomic E-state index is 8.83. The van der Waals surface area contributed by atoms with Gasteiger partial charge in [-0.1, -0.05) is 17.8 Å². The molecular weight excluding hydrogens is 180 g/mol. The molecule has 1 aromatic rings. The summed E-state index contributed by atoms with van der Waals surface area (Å²) in [5.41, 5.74) is 2.53. The Bertz CT molecular complexity index is 463. The van der Waals surface area contributed by atoms with Crippen LogP contribution in [-0.2, 0) is 0 Å². The molecule has 13 heavy (non-hydrogen) atoms. The topological polar surface area (TPSA) is 36.1 Å². The third kappa shape index (κ3) is 1.27. The Hall–Kier alpha value is -1.49. The van der Waals surface area contributed by atoms with Crippen molar-refractivity contribution in [3.63, 3.8) is 0 Å². The van der Waals surface area contributed by atoms with Gasteiger partial charge in [0, 0.05) is 10.3 Å². The van der Waals surface area contributed by atoms with E-state index < -0.39 is 0 Å². The van der Waals surface area contributed by atoms with Gasteiger partial charge in [-0.05, 0) is 24.4 Å². The van der Waals surface area contributed by atoms with Gasteiger partial charge in [-0.2, -0.15) is 5.26 Å². The van der Waals surface area contributed by atoms with Crippen molar-refractivity contribution in [2.24, 2.45) is 4.99 Å². The number of rotatable bonds is 0. The van der Waals surface area contributed by atoms with Gasteiger partial charge in [0.1, 0.15) is 11.8 Å². The van der Waals surface area contributed by atoms with E-state index in [1.54, 1.807) is 23.2 Å². The Labute approximate surface area is 80.6 Å². The summed E-state index contributed by atoms with van der Waals surface area (Å²) >= 11 is 1.56. The van der Waals surface area contributed by atoms with E-state index in [-0.39, 0.29) is 0 Å². The number of aliphatic imine (C=N–C) groups is 1. The highest BCUT2D eigenvalue weighted by Crippen LogP contribution is 2.37. The third-order valence-corrected chi connectivity index (χ3v) is 2.83. The van der Waals surface area contributed by atoms with Crippen molar-refractivity contribution in [2.45, 2.75) is 11.8 Å². The highest BCUT2D eigenvalue weighted by Gasteiger charge is 2.11. The van der Waals surface area contributed by atoms with Gasteiger partial charge < -0.3 is 0 Å². The Morgan fingerprint density at radius 2 is 2.38 bits per heavy atom. The van der Waals surface area contributed by atoms with Crippen LogP contribution < -0.4 is 0 Å². The second-order valence-electron chi connectivity index (χ2n) is 2.70. The molecule has 0 radical (unpaired) electrons. The van der Waals surface area contributed by atoms with Crippen LogP contribution in [0.1, 0.15) is 11.1 Å². The van der Waals surface area contributed by atoms with E-state index in [1.807, 2.05) is 13.0 Å². The first-order valence-corrected chi connectivity index (χ1v) is 4.69. The Balaban J connectivity index is 2.76. The van der Waals surface area contributed by atoms with Crippen LogP contribution in [0.3, 0.4) is 0 Å². The van der Waals surface area contributed by atoms with Crippen molar-refractivity contribution in [3.05, 3.63) is 28.7 Å². The summed E-state index contributed by atoms with van der Waals surface area (Å²) in [5.74, 6) is 2.75. The predicted octanol–water partition coefficient (Wildman–Crippen LogP) is 2.79. The quantitative estimate of drug-likeness (QED) is 0.624. The fourth-order valence-electron chi connectivity index (χ4n) is 1.20. The van der Waals surface area contributed by atoms with Crippen LogP contribution >= 0.6 is 11.8 Å². The second kappa shape index (κ2) is 3.10. The molecule has 2 nitrogen and oxygen atoms in total. The van der Waals surface area contributed by atoms with Crippen molar-refractivity contribution >= 4 is 23.3 Å². The van der Waals surface area contributed by atoms with Crippen molar-refractivity contribution in [3.8, 4) is 6.07 Å². The summed E-state index contributed by atoms with van der Waals surface area (Å²) in [4.78, 5) is 5.14. The number of nitrogens with zero attached hydrogens (tertiary/aromatic N) is 2. The van der Waals surface area contributed by atoms with Gasteiger partial charge in [-0.3, -0.25) is 0 Å². The van der Waals surface area contributed by atoms with Crippen LogP contribution in [0.4, 0.5) is 5.69 Å². The first kappa shape index (κ1) is 8.12. The average molecular weight is 186 g/mol. The summed E-state index contributed by atoms with van der Waals surface area (Å²) in [6.07, 6.45) is 0. The molecule has 2 rings (SSSR count). The Morgan fingerprint density at radius 1 is 1.54 bits per heavy atom. The summed E-state index contributed by atoms with van der Waals surface area (Å²) in [7, 11) is 0. The van der Waals surface area contributed by atoms with Gasteiger partial charge >= 0.3 is 0 Å². The predicted molar refractivity (Wildman–Crippen MR) is 53.4 cm³/mol. The molecule has 0 aliphatic carbocycles. The molecule has 62 valence electrons. The number of nitriles is 1. The van der Waals surface area contributed by atoms with Crippen LogP contribution in [0.2, 0.25) is 0 Å². The molecule has 0 saturated carbocycles. The molecule has 0 saturated heterocycles. The largest absolute Gasteiger partial charge is 0.203 e. The number of hydrogen-bond donors (Lipinski definition) is 0. The molecule has 1 aromatic carbocycles. The molecule has 0 fully saturated rings. The molecule has 0 aromatic heterocycles. The first-order chi connectivity index (χ1) is 6.33. The van der Waals surface area contributed by atoms with Gasteiger partial charge in [-0.15, -0.1) is 0 Å². The molecule has 1 aliphatic rings. The fourth-order valence-corrected chi connectivity index (χ4v) is 1.94. The van der Waals surface area contributed by atoms with Crippen LogP contribution in [0, 0.1) is 18.3 Å². The lowest BCUT2D eigenvalue weighted by atomic mass is 10.1. The molecule has 1 heterocycles. The van der Waals surface area contributed by atoms with Gasteiger partial charge in [0.15, 0.2) is 0 Å². The van der Waals surface area contributed by atoms with Gasteiger partial charge in [0.05, 0.1) is 5.56 Å². The second-order valence-corrected chi connectivity index (χ2v) is 3.58. The molecule has 1 aliphatic heterocycles. The lowest BCUT2D eigenvalue weighted by Crippen LogP contribution is -1.86. The van der Waals surface area contributed by atoms with Crippen molar-refractivity contribution in [1.29, 1.82) is 5.26 Å². The molecule has 0 N–H and O–H groups in total. The van der Waals surface area contributed by atoms with E-state index in [1.165, 1.54) is 0 Å². The number of benzene rings is 1. The summed E-state index contributed by atoms with van der Waals surface area (Å²) in [5, 5.41) is 10.6. The monoisotopic (exact) mass is 186 g/mol. The lowest BCUT2D eigenvalue weighted by molar-refractivity contribution is 1.26. The standard InChI is InChI=1S/C10H6N2S/c1-7-2-3-8(6-11)9-10(7)13-5-4-12-9/h2-3,5H,1H3. The Morgan fingerprint density at radius 3 is 3.15 bits per heavy atom. The lowest BCUT2D eigenvalue weighted by Gasteiger charge is -2.08. The van der Waals surface area contributed by atoms with Crippen molar-refractivity contribution in [1.82, 2.24) is 0 Å². The highest BCUT2D eigenvalue weighted by atomic mass is 32.2. The number of fused-ring (bicyclic) bond motifs is 1. The molecule has 0 spiro atoms. The van der Waals surface area contributed by atoms with Crippen LogP contribution in [0.25, 0.3) is 0 Å². The third-order valence-electron chi connectivity index (χ3n) is 1.85. The molecule has 0 bridgehead atoms. The van der Waals surface area contributed by atoms with Crippen LogP contribution in [0.5, 0.6) is 0 Å². The Kier molecular flexibility index (Phi) is 1.94. The van der Waals surface area contributed by atoms with Gasteiger partial charge in [0.25, 0.3) is 0 Å². The van der Waals surface area contributed by atoms with E-state index in [4.69, 9.17) is 5.26 Å². The number of hydrogen-bond acceptors (Lipinski definition) is 3. The highest BCUT2D eigenvalue weighted by molar-refractivity contribution is 8.02. The minimum atomic E-state index is 0.619. The normalized spacial score (nSPS) is 12.3. The van der Waals surface area contributed by atoms with Crippen LogP contribution in [0.15, 0.2) is 27.4 Å². The SMILES string of the molecule is Cc1ccc(C#N)c2c1SC=C=N2. The number of aryl methyl sites for hydroxylation is 1. The summed E-state index contributed by atoms with van der Waals surface area (Å²) in [6, 6.07) is 5.86. The molecule has 0 amide bonds.